The Labute approximate surface area is 186 Å². The lowest BCUT2D eigenvalue weighted by Crippen LogP contribution is -2.29. The van der Waals surface area contributed by atoms with Crippen LogP contribution in [0.5, 0.6) is 0 Å². The van der Waals surface area contributed by atoms with Gasteiger partial charge in [-0.1, -0.05) is 6.08 Å². The molecule has 0 spiro atoms. The molecule has 0 saturated heterocycles. The van der Waals surface area contributed by atoms with Crippen molar-refractivity contribution in [2.45, 2.75) is 22.7 Å². The second kappa shape index (κ2) is 8.60. The van der Waals surface area contributed by atoms with Gasteiger partial charge in [-0.3, -0.25) is 4.55 Å². The molecule has 1 aliphatic rings. The highest BCUT2D eigenvalue weighted by Gasteiger charge is 2.36. The van der Waals surface area contributed by atoms with E-state index in [0.717, 1.165) is 12.3 Å². The molecule has 1 heterocycles. The summed E-state index contributed by atoms with van der Waals surface area (Å²) in [6, 6.07) is 5.16. The maximum Gasteiger partial charge on any atom is 0.451 e. The van der Waals surface area contributed by atoms with Crippen LogP contribution in [-0.2, 0) is 26.1 Å². The highest BCUT2D eigenvalue weighted by molar-refractivity contribution is 7.90. The molecule has 5 N–H and O–H groups in total. The number of hydrogen-bond donors (Lipinski definition) is 4. The van der Waals surface area contributed by atoms with Crippen molar-refractivity contribution in [3.63, 3.8) is 0 Å². The summed E-state index contributed by atoms with van der Waals surface area (Å²) in [5.74, 6) is -2.52. The maximum absolute atomic E-state index is 13.3. The van der Waals surface area contributed by atoms with Crippen LogP contribution in [0.4, 0.5) is 30.8 Å². The van der Waals surface area contributed by atoms with Crippen molar-refractivity contribution in [2.24, 2.45) is 5.73 Å². The fraction of sp³-hybridized carbons (Fsp3) is 0.235. The number of benzene rings is 1. The zero-order chi connectivity index (χ0) is 24.6. The van der Waals surface area contributed by atoms with E-state index in [1.54, 1.807) is 0 Å². The van der Waals surface area contributed by atoms with Gasteiger partial charge in [-0.15, -0.1) is 0 Å². The van der Waals surface area contributed by atoms with Crippen LogP contribution in [0.1, 0.15) is 12.2 Å². The Morgan fingerprint density at radius 2 is 1.61 bits per heavy atom. The normalized spacial score (nSPS) is 17.2. The molecular weight excluding hydrogens is 489 g/mol. The van der Waals surface area contributed by atoms with E-state index >= 15 is 0 Å². The van der Waals surface area contributed by atoms with Crippen molar-refractivity contribution in [2.75, 3.05) is 16.9 Å². The Kier molecular flexibility index (Phi) is 6.36. The summed E-state index contributed by atoms with van der Waals surface area (Å²) in [6.07, 6.45) is -1.71. The van der Waals surface area contributed by atoms with Crippen LogP contribution in [0.3, 0.4) is 0 Å². The summed E-state index contributed by atoms with van der Waals surface area (Å²) < 4.78 is 94.7. The molecule has 178 valence electrons. The molecule has 3 rings (SSSR count). The van der Waals surface area contributed by atoms with Crippen molar-refractivity contribution < 1.29 is 34.6 Å². The lowest BCUT2D eigenvalue weighted by atomic mass is 10.1. The fourth-order valence-corrected chi connectivity index (χ4v) is 4.12. The third-order valence-corrected chi connectivity index (χ3v) is 6.60. The predicted octanol–water partition coefficient (Wildman–Crippen LogP) is 1.84. The predicted molar refractivity (Wildman–Crippen MR) is 112 cm³/mol. The van der Waals surface area contributed by atoms with Crippen molar-refractivity contribution >= 4 is 37.5 Å². The van der Waals surface area contributed by atoms with Crippen molar-refractivity contribution in [1.29, 1.82) is 0 Å². The second-order valence-corrected chi connectivity index (χ2v) is 10.5. The SMILES string of the molecule is CS(=O)(=O)c1ccc(Nc2nc(NC3=CCC(S(=O)(=O)O)C(N)=C3)nc(C(F)(F)F)n2)cc1. The van der Waals surface area contributed by atoms with Gasteiger partial charge >= 0.3 is 6.18 Å². The molecule has 0 saturated carbocycles. The van der Waals surface area contributed by atoms with E-state index in [2.05, 4.69) is 25.6 Å². The quantitative estimate of drug-likeness (QED) is 0.420. The molecule has 1 aliphatic carbocycles. The van der Waals surface area contributed by atoms with Crippen molar-refractivity contribution in [3.8, 4) is 0 Å². The van der Waals surface area contributed by atoms with Gasteiger partial charge in [0.05, 0.1) is 4.90 Å². The van der Waals surface area contributed by atoms with Crippen LogP contribution in [0.2, 0.25) is 0 Å². The molecule has 11 nitrogen and oxygen atoms in total. The Hall–Kier alpha value is -3.24. The average molecular weight is 506 g/mol. The summed E-state index contributed by atoms with van der Waals surface area (Å²) in [6.45, 7) is 0. The zero-order valence-electron chi connectivity index (χ0n) is 16.7. The van der Waals surface area contributed by atoms with Crippen LogP contribution in [0.25, 0.3) is 0 Å². The van der Waals surface area contributed by atoms with Crippen LogP contribution >= 0.6 is 0 Å². The molecule has 2 aromatic rings. The number of alkyl halides is 3. The summed E-state index contributed by atoms with van der Waals surface area (Å²) in [4.78, 5) is 10.5. The highest BCUT2D eigenvalue weighted by Crippen LogP contribution is 2.29. The third-order valence-electron chi connectivity index (χ3n) is 4.29. The van der Waals surface area contributed by atoms with Crippen LogP contribution in [-0.4, -0.2) is 47.8 Å². The van der Waals surface area contributed by atoms with Gasteiger partial charge in [0.1, 0.15) is 5.25 Å². The summed E-state index contributed by atoms with van der Waals surface area (Å²) in [5.41, 5.74) is 5.73. The van der Waals surface area contributed by atoms with Gasteiger partial charge in [0.2, 0.25) is 17.7 Å². The van der Waals surface area contributed by atoms with E-state index in [1.165, 1.54) is 30.3 Å². The molecule has 1 aromatic heterocycles. The van der Waals surface area contributed by atoms with Gasteiger partial charge in [-0.2, -0.15) is 36.5 Å². The number of nitrogens with zero attached hydrogens (tertiary/aromatic N) is 3. The monoisotopic (exact) mass is 506 g/mol. The number of halogens is 3. The van der Waals surface area contributed by atoms with E-state index in [-0.39, 0.29) is 28.4 Å². The van der Waals surface area contributed by atoms with Gasteiger partial charge in [0.25, 0.3) is 10.1 Å². The third kappa shape index (κ3) is 6.17. The Bertz CT molecular complexity index is 1340. The van der Waals surface area contributed by atoms with E-state index in [4.69, 9.17) is 10.3 Å². The topological polar surface area (TPSA) is 177 Å². The van der Waals surface area contributed by atoms with Gasteiger partial charge in [0.15, 0.2) is 9.84 Å². The number of allylic oxidation sites excluding steroid dienone is 2. The number of sulfone groups is 1. The minimum absolute atomic E-state index is 0.0128. The summed E-state index contributed by atoms with van der Waals surface area (Å²) >= 11 is 0. The highest BCUT2D eigenvalue weighted by atomic mass is 32.2. The van der Waals surface area contributed by atoms with E-state index < -0.39 is 49.1 Å². The number of aromatic nitrogens is 3. The average Bonchev–Trinajstić information content (AvgIpc) is 2.66. The molecule has 16 heteroatoms. The van der Waals surface area contributed by atoms with Crippen LogP contribution < -0.4 is 16.4 Å². The molecular formula is C17H17F3N6O5S2. The van der Waals surface area contributed by atoms with E-state index in [1.807, 2.05) is 0 Å². The molecule has 1 unspecified atom stereocenters. The number of anilines is 3. The first-order valence-electron chi connectivity index (χ1n) is 8.94. The smallest absolute Gasteiger partial charge is 0.401 e. The Morgan fingerprint density at radius 3 is 2.09 bits per heavy atom. The van der Waals surface area contributed by atoms with Crippen LogP contribution in [0, 0.1) is 0 Å². The standard InChI is InChI=1S/C17H17F3N6O5S2/c1-32(27,28)11-5-2-9(3-6-11)22-15-24-14(17(18,19)20)25-16(26-15)23-10-4-7-13(12(21)8-10)33(29,30)31/h2-6,8,13H,7,21H2,1H3,(H,29,30,31)(H2,22,23,24,25,26). The molecule has 0 fully saturated rings. The van der Waals surface area contributed by atoms with Crippen molar-refractivity contribution in [1.82, 2.24) is 15.0 Å². The van der Waals surface area contributed by atoms with E-state index in [0.29, 0.717) is 0 Å². The minimum Gasteiger partial charge on any atom is -0.401 e. The second-order valence-electron chi connectivity index (χ2n) is 6.89. The molecule has 1 atom stereocenters. The van der Waals surface area contributed by atoms with Crippen molar-refractivity contribution in [3.05, 3.63) is 53.6 Å². The zero-order valence-corrected chi connectivity index (χ0v) is 18.3. The molecule has 33 heavy (non-hydrogen) atoms. The van der Waals surface area contributed by atoms with Gasteiger partial charge < -0.3 is 16.4 Å². The first kappa shape index (κ1) is 24.4. The number of nitrogens with one attached hydrogen (secondary N) is 2. The van der Waals surface area contributed by atoms with Gasteiger partial charge in [-0.25, -0.2) is 8.42 Å². The lowest BCUT2D eigenvalue weighted by molar-refractivity contribution is -0.144. The number of rotatable bonds is 6. The molecule has 0 radical (unpaired) electrons. The summed E-state index contributed by atoms with van der Waals surface area (Å²) in [7, 11) is -7.92. The first-order chi connectivity index (χ1) is 15.1. The molecule has 0 aliphatic heterocycles. The minimum atomic E-state index is -4.91. The number of hydrogen-bond acceptors (Lipinski definition) is 10. The number of nitrogens with two attached hydrogens (primary N) is 1. The van der Waals surface area contributed by atoms with Crippen LogP contribution in [0.15, 0.2) is 52.7 Å². The lowest BCUT2D eigenvalue weighted by Gasteiger charge is -2.19. The Balaban J connectivity index is 1.89. The molecule has 1 aromatic carbocycles. The van der Waals surface area contributed by atoms with Gasteiger partial charge in [0, 0.05) is 23.3 Å². The maximum atomic E-state index is 13.3. The summed E-state index contributed by atoms with van der Waals surface area (Å²) in [5, 5.41) is 3.66. The largest absolute Gasteiger partial charge is 0.451 e. The first-order valence-corrected chi connectivity index (χ1v) is 12.3. The molecule has 0 amide bonds. The van der Waals surface area contributed by atoms with Gasteiger partial charge in [-0.05, 0) is 36.8 Å². The Morgan fingerprint density at radius 1 is 1.03 bits per heavy atom. The fourth-order valence-electron chi connectivity index (χ4n) is 2.74. The van der Waals surface area contributed by atoms with E-state index in [9.17, 15) is 30.0 Å². The molecule has 0 bridgehead atoms.